The molecule has 7 heteroatoms. The van der Waals surface area contributed by atoms with E-state index in [-0.39, 0.29) is 11.9 Å². The monoisotopic (exact) mass is 433 g/mol. The molecular weight excluding hydrogens is 406 g/mol. The van der Waals surface area contributed by atoms with Crippen LogP contribution in [0.5, 0.6) is 11.5 Å². The number of rotatable bonds is 9. The summed E-state index contributed by atoms with van der Waals surface area (Å²) in [5, 5.41) is 8.35. The molecule has 3 rings (SSSR count). The third-order valence-electron chi connectivity index (χ3n) is 4.40. The van der Waals surface area contributed by atoms with Crippen LogP contribution in [0.2, 0.25) is 0 Å². The van der Waals surface area contributed by atoms with Crippen molar-refractivity contribution in [1.82, 2.24) is 0 Å². The van der Waals surface area contributed by atoms with E-state index in [0.717, 1.165) is 6.42 Å². The third kappa shape index (κ3) is 6.50. The molecule has 166 valence electrons. The molecule has 3 aromatic rings. The van der Waals surface area contributed by atoms with Crippen molar-refractivity contribution in [3.8, 4) is 11.5 Å². The fraction of sp³-hybridized carbons (Fsp3) is 0.200. The summed E-state index contributed by atoms with van der Waals surface area (Å²) in [6, 6.07) is 20.8. The first kappa shape index (κ1) is 22.7. The van der Waals surface area contributed by atoms with E-state index in [1.165, 1.54) is 0 Å². The first-order valence-corrected chi connectivity index (χ1v) is 10.5. The van der Waals surface area contributed by atoms with Crippen LogP contribution in [0.1, 0.15) is 30.6 Å². The van der Waals surface area contributed by atoms with Crippen LogP contribution in [-0.2, 0) is 0 Å². The maximum absolute atomic E-state index is 12.7. The van der Waals surface area contributed by atoms with Crippen molar-refractivity contribution in [3.63, 3.8) is 0 Å². The maximum atomic E-state index is 12.7. The normalized spacial score (nSPS) is 10.2. The third-order valence-corrected chi connectivity index (χ3v) is 4.40. The fourth-order valence-electron chi connectivity index (χ4n) is 2.90. The van der Waals surface area contributed by atoms with E-state index < -0.39 is 0 Å². The summed E-state index contributed by atoms with van der Waals surface area (Å²) < 4.78 is 11.3. The Morgan fingerprint density at radius 3 is 1.97 bits per heavy atom. The topological polar surface area (TPSA) is 88.7 Å². The van der Waals surface area contributed by atoms with E-state index in [2.05, 4.69) is 16.0 Å². The van der Waals surface area contributed by atoms with Gasteiger partial charge in [0.1, 0.15) is 0 Å². The number of ether oxygens (including phenoxy) is 2. The van der Waals surface area contributed by atoms with Gasteiger partial charge in [-0.05, 0) is 67.9 Å². The van der Waals surface area contributed by atoms with Crippen LogP contribution >= 0.6 is 0 Å². The van der Waals surface area contributed by atoms with Gasteiger partial charge in [-0.15, -0.1) is 0 Å². The van der Waals surface area contributed by atoms with Crippen molar-refractivity contribution < 1.29 is 19.1 Å². The minimum absolute atomic E-state index is 0.268. The van der Waals surface area contributed by atoms with Gasteiger partial charge in [0.2, 0.25) is 0 Å². The average molecular weight is 434 g/mol. The smallest absolute Gasteiger partial charge is 0.323 e. The number of anilines is 3. The Kier molecular flexibility index (Phi) is 8.09. The molecule has 0 bridgehead atoms. The molecule has 3 amide bonds. The lowest BCUT2D eigenvalue weighted by Crippen LogP contribution is -2.19. The van der Waals surface area contributed by atoms with Crippen LogP contribution in [0.25, 0.3) is 0 Å². The lowest BCUT2D eigenvalue weighted by Gasteiger charge is -2.13. The predicted octanol–water partition coefficient (Wildman–Crippen LogP) is 5.77. The molecule has 0 unspecified atom stereocenters. The molecular formula is C25H27N3O4. The number of urea groups is 1. The zero-order chi connectivity index (χ0) is 22.8. The number of benzene rings is 3. The highest BCUT2D eigenvalue weighted by molar-refractivity contribution is 6.05. The maximum Gasteiger partial charge on any atom is 0.323 e. The van der Waals surface area contributed by atoms with Crippen molar-refractivity contribution in [2.75, 3.05) is 29.2 Å². The summed E-state index contributed by atoms with van der Waals surface area (Å²) in [5.74, 6) is 0.891. The van der Waals surface area contributed by atoms with Gasteiger partial charge in [-0.1, -0.05) is 25.1 Å². The minimum Gasteiger partial charge on any atom is -0.490 e. The van der Waals surface area contributed by atoms with Crippen molar-refractivity contribution >= 4 is 29.0 Å². The highest BCUT2D eigenvalue weighted by atomic mass is 16.5. The average Bonchev–Trinajstić information content (AvgIpc) is 2.80. The Morgan fingerprint density at radius 1 is 0.719 bits per heavy atom. The molecule has 3 aromatic carbocycles. The predicted molar refractivity (Wildman–Crippen MR) is 127 cm³/mol. The van der Waals surface area contributed by atoms with Crippen LogP contribution in [0.4, 0.5) is 21.9 Å². The zero-order valence-corrected chi connectivity index (χ0v) is 18.2. The number of nitrogens with one attached hydrogen (secondary N) is 3. The van der Waals surface area contributed by atoms with E-state index in [9.17, 15) is 9.59 Å². The molecule has 3 N–H and O–H groups in total. The standard InChI is InChI=1S/C25H27N3O4/c1-3-16-32-22-15-10-18(17-23(22)31-4-2)24(29)26-20-11-13-21(14-12-20)28-25(30)27-19-8-6-5-7-9-19/h5-15,17H,3-4,16H2,1-2H3,(H,26,29)(H2,27,28,30). The number of hydrogen-bond donors (Lipinski definition) is 3. The summed E-state index contributed by atoms with van der Waals surface area (Å²) in [6.45, 7) is 4.96. The molecule has 0 saturated heterocycles. The SMILES string of the molecule is CCCOc1ccc(C(=O)Nc2ccc(NC(=O)Nc3ccccc3)cc2)cc1OCC. The number of para-hydroxylation sites is 1. The summed E-state index contributed by atoms with van der Waals surface area (Å²) in [4.78, 5) is 24.8. The van der Waals surface area contributed by atoms with Gasteiger partial charge < -0.3 is 25.4 Å². The summed E-state index contributed by atoms with van der Waals surface area (Å²) in [6.07, 6.45) is 0.882. The number of carbonyl (C=O) groups excluding carboxylic acids is 2. The quantitative estimate of drug-likeness (QED) is 0.400. The Labute approximate surface area is 187 Å². The number of amides is 3. The van der Waals surface area contributed by atoms with Crippen LogP contribution in [0.15, 0.2) is 72.8 Å². The summed E-state index contributed by atoms with van der Waals surface area (Å²) in [5.41, 5.74) is 2.37. The van der Waals surface area contributed by atoms with Crippen LogP contribution in [0.3, 0.4) is 0 Å². The first-order valence-electron chi connectivity index (χ1n) is 10.5. The van der Waals surface area contributed by atoms with Gasteiger partial charge in [0.15, 0.2) is 11.5 Å². The van der Waals surface area contributed by atoms with Crippen molar-refractivity contribution in [3.05, 3.63) is 78.4 Å². The second-order valence-electron chi connectivity index (χ2n) is 6.92. The number of carbonyl (C=O) groups is 2. The molecule has 7 nitrogen and oxygen atoms in total. The van der Waals surface area contributed by atoms with Crippen molar-refractivity contribution in [2.45, 2.75) is 20.3 Å². The van der Waals surface area contributed by atoms with Crippen molar-refractivity contribution in [1.29, 1.82) is 0 Å². The molecule has 0 aliphatic heterocycles. The van der Waals surface area contributed by atoms with Crippen LogP contribution in [-0.4, -0.2) is 25.2 Å². The van der Waals surface area contributed by atoms with Crippen molar-refractivity contribution in [2.24, 2.45) is 0 Å². The van der Waals surface area contributed by atoms with Gasteiger partial charge >= 0.3 is 6.03 Å². The fourth-order valence-corrected chi connectivity index (χ4v) is 2.90. The molecule has 32 heavy (non-hydrogen) atoms. The molecule has 0 spiro atoms. The van der Waals surface area contributed by atoms with Gasteiger partial charge in [-0.2, -0.15) is 0 Å². The largest absolute Gasteiger partial charge is 0.490 e. The molecule has 0 fully saturated rings. The Morgan fingerprint density at radius 2 is 1.34 bits per heavy atom. The van der Waals surface area contributed by atoms with Gasteiger partial charge in [0, 0.05) is 22.6 Å². The molecule has 0 heterocycles. The molecule has 0 aliphatic rings. The second-order valence-corrected chi connectivity index (χ2v) is 6.92. The molecule has 0 aromatic heterocycles. The highest BCUT2D eigenvalue weighted by Gasteiger charge is 2.12. The van der Waals surface area contributed by atoms with Gasteiger partial charge in [-0.25, -0.2) is 4.79 Å². The van der Waals surface area contributed by atoms with E-state index in [4.69, 9.17) is 9.47 Å². The highest BCUT2D eigenvalue weighted by Crippen LogP contribution is 2.29. The zero-order valence-electron chi connectivity index (χ0n) is 18.2. The Hall–Kier alpha value is -4.00. The lowest BCUT2D eigenvalue weighted by atomic mass is 10.1. The van der Waals surface area contributed by atoms with E-state index in [1.54, 1.807) is 54.6 Å². The number of hydrogen-bond acceptors (Lipinski definition) is 4. The van der Waals surface area contributed by atoms with Gasteiger partial charge in [0.25, 0.3) is 5.91 Å². The van der Waals surface area contributed by atoms with Gasteiger partial charge in [0.05, 0.1) is 13.2 Å². The molecule has 0 radical (unpaired) electrons. The van der Waals surface area contributed by atoms with E-state index in [0.29, 0.717) is 47.3 Å². The lowest BCUT2D eigenvalue weighted by molar-refractivity contribution is 0.102. The Balaban J connectivity index is 1.60. The molecule has 0 saturated carbocycles. The summed E-state index contributed by atoms with van der Waals surface area (Å²) in [7, 11) is 0. The molecule has 0 atom stereocenters. The van der Waals surface area contributed by atoms with Crippen LogP contribution < -0.4 is 25.4 Å². The van der Waals surface area contributed by atoms with Gasteiger partial charge in [-0.3, -0.25) is 4.79 Å². The first-order chi connectivity index (χ1) is 15.6. The van der Waals surface area contributed by atoms with E-state index >= 15 is 0 Å². The van der Waals surface area contributed by atoms with E-state index in [1.807, 2.05) is 32.0 Å². The second kappa shape index (κ2) is 11.4. The summed E-state index contributed by atoms with van der Waals surface area (Å²) >= 11 is 0. The minimum atomic E-state index is -0.346. The van der Waals surface area contributed by atoms with Crippen LogP contribution in [0, 0.1) is 0 Å². The molecule has 0 aliphatic carbocycles. The Bertz CT molecular complexity index is 1040.